The van der Waals surface area contributed by atoms with Crippen LogP contribution >= 0.6 is 0 Å². The highest BCUT2D eigenvalue weighted by Gasteiger charge is 2.08. The number of benzene rings is 2. The van der Waals surface area contributed by atoms with Crippen molar-refractivity contribution in [2.75, 3.05) is 13.7 Å². The summed E-state index contributed by atoms with van der Waals surface area (Å²) in [5.41, 5.74) is 2.19. The van der Waals surface area contributed by atoms with Crippen molar-refractivity contribution in [3.63, 3.8) is 0 Å². The largest absolute Gasteiger partial charge is 0.497 e. The van der Waals surface area contributed by atoms with Gasteiger partial charge in [0.2, 0.25) is 0 Å². The molecule has 3 aromatic rings. The molecule has 0 atom stereocenters. The molecule has 3 rings (SSSR count). The van der Waals surface area contributed by atoms with Crippen molar-refractivity contribution in [2.45, 2.75) is 6.42 Å². The fourth-order valence-corrected chi connectivity index (χ4v) is 2.15. The quantitative estimate of drug-likeness (QED) is 0.786. The highest BCUT2D eigenvalue weighted by molar-refractivity contribution is 5.94. The molecular formula is C17H16N2O3. The number of hydrogen-bond donors (Lipinski definition) is 1. The summed E-state index contributed by atoms with van der Waals surface area (Å²) in [5.74, 6) is 1.22. The van der Waals surface area contributed by atoms with Crippen molar-refractivity contribution in [3.8, 4) is 5.75 Å². The minimum Gasteiger partial charge on any atom is -0.497 e. The molecule has 1 N–H and O–H groups in total. The zero-order valence-corrected chi connectivity index (χ0v) is 12.2. The van der Waals surface area contributed by atoms with Crippen LogP contribution in [0.4, 0.5) is 0 Å². The maximum atomic E-state index is 12.0. The molecule has 0 bridgehead atoms. The predicted octanol–water partition coefficient (Wildman–Crippen LogP) is 2.81. The predicted molar refractivity (Wildman–Crippen MR) is 83.0 cm³/mol. The molecule has 1 heterocycles. The smallest absolute Gasteiger partial charge is 0.251 e. The lowest BCUT2D eigenvalue weighted by atomic mass is 10.2. The van der Waals surface area contributed by atoms with Gasteiger partial charge in [-0.2, -0.15) is 0 Å². The molecule has 0 unspecified atom stereocenters. The SMILES string of the molecule is COc1ccc(C(=O)NCCc2nc3ccccc3o2)cc1. The van der Waals surface area contributed by atoms with E-state index >= 15 is 0 Å². The Bertz CT molecular complexity index is 745. The van der Waals surface area contributed by atoms with Gasteiger partial charge in [-0.25, -0.2) is 4.98 Å². The number of methoxy groups -OCH3 is 1. The van der Waals surface area contributed by atoms with Gasteiger partial charge in [0.05, 0.1) is 7.11 Å². The first-order valence-corrected chi connectivity index (χ1v) is 7.03. The van der Waals surface area contributed by atoms with Crippen LogP contribution in [0.5, 0.6) is 5.75 Å². The number of para-hydroxylation sites is 2. The number of nitrogens with zero attached hydrogens (tertiary/aromatic N) is 1. The Morgan fingerprint density at radius 3 is 2.68 bits per heavy atom. The fourth-order valence-electron chi connectivity index (χ4n) is 2.15. The molecule has 0 aliphatic carbocycles. The van der Waals surface area contributed by atoms with Gasteiger partial charge in [0, 0.05) is 18.5 Å². The summed E-state index contributed by atoms with van der Waals surface area (Å²) in [6.45, 7) is 0.470. The number of rotatable bonds is 5. The van der Waals surface area contributed by atoms with E-state index in [0.29, 0.717) is 24.4 Å². The number of aromatic nitrogens is 1. The molecule has 0 fully saturated rings. The second-order valence-corrected chi connectivity index (χ2v) is 4.81. The van der Waals surface area contributed by atoms with Gasteiger partial charge in [-0.1, -0.05) is 12.1 Å². The van der Waals surface area contributed by atoms with Crippen LogP contribution in [-0.4, -0.2) is 24.5 Å². The molecule has 0 aliphatic heterocycles. The first-order valence-electron chi connectivity index (χ1n) is 7.03. The van der Waals surface area contributed by atoms with Gasteiger partial charge in [0.25, 0.3) is 5.91 Å². The Morgan fingerprint density at radius 1 is 1.18 bits per heavy atom. The summed E-state index contributed by atoms with van der Waals surface area (Å²) >= 11 is 0. The minimum absolute atomic E-state index is 0.126. The number of fused-ring (bicyclic) bond motifs is 1. The van der Waals surface area contributed by atoms with Crippen molar-refractivity contribution >= 4 is 17.0 Å². The van der Waals surface area contributed by atoms with Crippen LogP contribution in [-0.2, 0) is 6.42 Å². The van der Waals surface area contributed by atoms with E-state index in [1.807, 2.05) is 24.3 Å². The average Bonchev–Trinajstić information content (AvgIpc) is 2.97. The number of amides is 1. The van der Waals surface area contributed by atoms with Crippen molar-refractivity contribution < 1.29 is 13.9 Å². The van der Waals surface area contributed by atoms with Gasteiger partial charge < -0.3 is 14.5 Å². The average molecular weight is 296 g/mol. The number of oxazole rings is 1. The molecule has 0 saturated heterocycles. The second-order valence-electron chi connectivity index (χ2n) is 4.81. The standard InChI is InChI=1S/C17H16N2O3/c1-21-13-8-6-12(7-9-13)17(20)18-11-10-16-19-14-4-2-3-5-15(14)22-16/h2-9H,10-11H2,1H3,(H,18,20). The zero-order valence-electron chi connectivity index (χ0n) is 12.2. The zero-order chi connectivity index (χ0) is 15.4. The third kappa shape index (κ3) is 3.09. The number of carbonyl (C=O) groups excluding carboxylic acids is 1. The van der Waals surface area contributed by atoms with Gasteiger partial charge >= 0.3 is 0 Å². The van der Waals surface area contributed by atoms with Crippen molar-refractivity contribution in [2.24, 2.45) is 0 Å². The molecule has 5 nitrogen and oxygen atoms in total. The minimum atomic E-state index is -0.126. The summed E-state index contributed by atoms with van der Waals surface area (Å²) in [5, 5.41) is 2.85. The van der Waals surface area contributed by atoms with E-state index < -0.39 is 0 Å². The van der Waals surface area contributed by atoms with Gasteiger partial charge in [-0.3, -0.25) is 4.79 Å². The van der Waals surface area contributed by atoms with Crippen LogP contribution in [0, 0.1) is 0 Å². The highest BCUT2D eigenvalue weighted by atomic mass is 16.5. The third-order valence-corrected chi connectivity index (χ3v) is 3.31. The Kier molecular flexibility index (Phi) is 4.05. The molecule has 1 aromatic heterocycles. The van der Waals surface area contributed by atoms with Crippen LogP contribution in [0.3, 0.4) is 0 Å². The first kappa shape index (κ1) is 14.1. The summed E-state index contributed by atoms with van der Waals surface area (Å²) in [6.07, 6.45) is 0.552. The summed E-state index contributed by atoms with van der Waals surface area (Å²) in [4.78, 5) is 16.4. The molecule has 5 heteroatoms. The van der Waals surface area contributed by atoms with E-state index in [9.17, 15) is 4.79 Å². The van der Waals surface area contributed by atoms with Crippen molar-refractivity contribution in [1.29, 1.82) is 0 Å². The summed E-state index contributed by atoms with van der Waals surface area (Å²) < 4.78 is 10.7. The maximum Gasteiger partial charge on any atom is 0.251 e. The third-order valence-electron chi connectivity index (χ3n) is 3.31. The Balaban J connectivity index is 1.56. The molecule has 22 heavy (non-hydrogen) atoms. The lowest BCUT2D eigenvalue weighted by Crippen LogP contribution is -2.25. The van der Waals surface area contributed by atoms with Crippen molar-refractivity contribution in [3.05, 3.63) is 60.0 Å². The topological polar surface area (TPSA) is 64.4 Å². The molecular weight excluding hydrogens is 280 g/mol. The Labute approximate surface area is 127 Å². The summed E-state index contributed by atoms with van der Waals surface area (Å²) in [6, 6.07) is 14.6. The lowest BCUT2D eigenvalue weighted by Gasteiger charge is -2.04. The number of nitrogens with one attached hydrogen (secondary N) is 1. The first-order chi connectivity index (χ1) is 10.8. The van der Waals surface area contributed by atoms with Gasteiger partial charge in [-0.15, -0.1) is 0 Å². The highest BCUT2D eigenvalue weighted by Crippen LogP contribution is 2.15. The van der Waals surface area contributed by atoms with Crippen LogP contribution in [0.15, 0.2) is 52.9 Å². The molecule has 0 saturated carbocycles. The van der Waals surface area contributed by atoms with Gasteiger partial charge in [0.1, 0.15) is 11.3 Å². The number of hydrogen-bond acceptors (Lipinski definition) is 4. The monoisotopic (exact) mass is 296 g/mol. The Morgan fingerprint density at radius 2 is 1.95 bits per heavy atom. The molecule has 1 amide bonds. The summed E-state index contributed by atoms with van der Waals surface area (Å²) in [7, 11) is 1.59. The van der Waals surface area contributed by atoms with Gasteiger partial charge in [0.15, 0.2) is 11.5 Å². The van der Waals surface area contributed by atoms with Crippen molar-refractivity contribution in [1.82, 2.24) is 10.3 Å². The fraction of sp³-hybridized carbons (Fsp3) is 0.176. The van der Waals surface area contributed by atoms with E-state index in [2.05, 4.69) is 10.3 Å². The van der Waals surface area contributed by atoms with Gasteiger partial charge in [-0.05, 0) is 36.4 Å². The Hall–Kier alpha value is -2.82. The molecule has 0 spiro atoms. The normalized spacial score (nSPS) is 10.6. The van der Waals surface area contributed by atoms with Crippen LogP contribution < -0.4 is 10.1 Å². The number of carbonyl (C=O) groups is 1. The van der Waals surface area contributed by atoms with E-state index in [0.717, 1.165) is 16.8 Å². The second kappa shape index (κ2) is 6.30. The van der Waals surface area contributed by atoms with Crippen LogP contribution in [0.1, 0.15) is 16.2 Å². The molecule has 112 valence electrons. The van der Waals surface area contributed by atoms with E-state index in [1.165, 1.54) is 0 Å². The lowest BCUT2D eigenvalue weighted by molar-refractivity contribution is 0.0953. The van der Waals surface area contributed by atoms with Crippen LogP contribution in [0.2, 0.25) is 0 Å². The van der Waals surface area contributed by atoms with E-state index in [-0.39, 0.29) is 5.91 Å². The maximum absolute atomic E-state index is 12.0. The molecule has 0 radical (unpaired) electrons. The molecule has 0 aliphatic rings. The number of ether oxygens (including phenoxy) is 1. The van der Waals surface area contributed by atoms with Crippen LogP contribution in [0.25, 0.3) is 11.1 Å². The van der Waals surface area contributed by atoms with E-state index in [1.54, 1.807) is 31.4 Å². The molecule has 2 aromatic carbocycles. The van der Waals surface area contributed by atoms with E-state index in [4.69, 9.17) is 9.15 Å².